The van der Waals surface area contributed by atoms with E-state index in [4.69, 9.17) is 5.11 Å². The third-order valence-corrected chi connectivity index (χ3v) is 4.18. The van der Waals surface area contributed by atoms with Gasteiger partial charge < -0.3 is 5.11 Å². The van der Waals surface area contributed by atoms with Gasteiger partial charge in [-0.15, -0.1) is 0 Å². The fourth-order valence-corrected chi connectivity index (χ4v) is 2.95. The fourth-order valence-electron chi connectivity index (χ4n) is 1.54. The van der Waals surface area contributed by atoms with E-state index >= 15 is 0 Å². The molecule has 1 heterocycles. The average molecular weight is 207 g/mol. The van der Waals surface area contributed by atoms with Crippen molar-refractivity contribution in [3.05, 3.63) is 0 Å². The molecule has 0 bridgehead atoms. The van der Waals surface area contributed by atoms with Crippen molar-refractivity contribution in [1.82, 2.24) is 4.31 Å². The second kappa shape index (κ2) is 3.55. The monoisotopic (exact) mass is 207 g/mol. The van der Waals surface area contributed by atoms with Crippen molar-refractivity contribution >= 4 is 10.0 Å². The molecule has 0 amide bonds. The third-order valence-electron chi connectivity index (χ3n) is 2.38. The van der Waals surface area contributed by atoms with Gasteiger partial charge in [-0.05, 0) is 11.8 Å². The minimum Gasteiger partial charge on any atom is -0.395 e. The Labute approximate surface area is 79.6 Å². The number of aliphatic hydroxyl groups is 1. The van der Waals surface area contributed by atoms with Gasteiger partial charge in [0.05, 0.1) is 12.4 Å². The standard InChI is InChI=1S/C8H17NO3S/c1-8(2)3-4-9(7-8)13(11,12)6-5-10/h10H,3-7H2,1-2H3. The highest BCUT2D eigenvalue weighted by atomic mass is 32.2. The van der Waals surface area contributed by atoms with E-state index in [-0.39, 0.29) is 17.8 Å². The summed E-state index contributed by atoms with van der Waals surface area (Å²) in [7, 11) is -3.20. The van der Waals surface area contributed by atoms with Crippen LogP contribution in [-0.2, 0) is 10.0 Å². The number of hydrogen-bond acceptors (Lipinski definition) is 3. The van der Waals surface area contributed by atoms with Gasteiger partial charge in [-0.25, -0.2) is 12.7 Å². The van der Waals surface area contributed by atoms with Crippen molar-refractivity contribution in [3.63, 3.8) is 0 Å². The molecule has 0 aromatic carbocycles. The summed E-state index contributed by atoms with van der Waals surface area (Å²) in [5, 5.41) is 8.59. The van der Waals surface area contributed by atoms with Crippen LogP contribution in [0.15, 0.2) is 0 Å². The van der Waals surface area contributed by atoms with Crippen molar-refractivity contribution in [1.29, 1.82) is 0 Å². The molecular weight excluding hydrogens is 190 g/mol. The largest absolute Gasteiger partial charge is 0.395 e. The Bertz CT molecular complexity index is 271. The first-order valence-corrected chi connectivity index (χ1v) is 6.07. The number of hydrogen-bond donors (Lipinski definition) is 1. The van der Waals surface area contributed by atoms with E-state index in [0.717, 1.165) is 6.42 Å². The van der Waals surface area contributed by atoms with Gasteiger partial charge in [-0.3, -0.25) is 0 Å². The first kappa shape index (κ1) is 10.9. The van der Waals surface area contributed by atoms with Gasteiger partial charge in [0.1, 0.15) is 0 Å². The van der Waals surface area contributed by atoms with Crippen LogP contribution in [0.3, 0.4) is 0 Å². The van der Waals surface area contributed by atoms with Crippen LogP contribution in [0.25, 0.3) is 0 Å². The average Bonchev–Trinajstić information content (AvgIpc) is 2.30. The minimum absolute atomic E-state index is 0.0858. The Kier molecular flexibility index (Phi) is 2.99. The van der Waals surface area contributed by atoms with E-state index in [0.29, 0.717) is 13.1 Å². The topological polar surface area (TPSA) is 57.6 Å². The van der Waals surface area contributed by atoms with E-state index in [9.17, 15) is 8.42 Å². The summed E-state index contributed by atoms with van der Waals surface area (Å²) in [5.74, 6) is -0.150. The van der Waals surface area contributed by atoms with E-state index in [2.05, 4.69) is 13.8 Å². The van der Waals surface area contributed by atoms with Gasteiger partial charge >= 0.3 is 0 Å². The van der Waals surface area contributed by atoms with Gasteiger partial charge in [-0.1, -0.05) is 13.8 Å². The molecule has 1 saturated heterocycles. The van der Waals surface area contributed by atoms with Crippen LogP contribution in [0.5, 0.6) is 0 Å². The minimum atomic E-state index is -3.20. The Morgan fingerprint density at radius 2 is 2.08 bits per heavy atom. The Balaban J connectivity index is 2.66. The molecule has 1 aliphatic rings. The second-order valence-electron chi connectivity index (χ2n) is 4.29. The highest BCUT2D eigenvalue weighted by molar-refractivity contribution is 7.89. The van der Waals surface area contributed by atoms with Gasteiger partial charge in [-0.2, -0.15) is 0 Å². The van der Waals surface area contributed by atoms with Gasteiger partial charge in [0.25, 0.3) is 0 Å². The van der Waals surface area contributed by atoms with Gasteiger partial charge in [0.15, 0.2) is 0 Å². The molecule has 5 heteroatoms. The van der Waals surface area contributed by atoms with Crippen molar-refractivity contribution in [2.45, 2.75) is 20.3 Å². The first-order valence-electron chi connectivity index (χ1n) is 4.46. The number of nitrogens with zero attached hydrogens (tertiary/aromatic N) is 1. The molecule has 1 N–H and O–H groups in total. The Morgan fingerprint density at radius 1 is 1.46 bits per heavy atom. The van der Waals surface area contributed by atoms with Crippen molar-refractivity contribution < 1.29 is 13.5 Å². The predicted molar refractivity (Wildman–Crippen MR) is 50.8 cm³/mol. The van der Waals surface area contributed by atoms with Gasteiger partial charge in [0.2, 0.25) is 10.0 Å². The van der Waals surface area contributed by atoms with E-state index in [1.165, 1.54) is 4.31 Å². The predicted octanol–water partition coefficient (Wildman–Crippen LogP) is 0.0404. The second-order valence-corrected chi connectivity index (χ2v) is 6.38. The van der Waals surface area contributed by atoms with E-state index in [1.54, 1.807) is 0 Å². The van der Waals surface area contributed by atoms with Crippen LogP contribution in [0.1, 0.15) is 20.3 Å². The van der Waals surface area contributed by atoms with E-state index in [1.807, 2.05) is 0 Å². The molecule has 78 valence electrons. The highest BCUT2D eigenvalue weighted by Gasteiger charge is 2.35. The molecule has 4 nitrogen and oxygen atoms in total. The molecule has 0 aromatic rings. The molecule has 0 unspecified atom stereocenters. The molecule has 1 rings (SSSR count). The first-order chi connectivity index (χ1) is 5.87. The lowest BCUT2D eigenvalue weighted by molar-refractivity contribution is 0.314. The van der Waals surface area contributed by atoms with Gasteiger partial charge in [0, 0.05) is 13.1 Å². The molecule has 0 radical (unpaired) electrons. The van der Waals surface area contributed by atoms with Crippen LogP contribution < -0.4 is 0 Å². The molecule has 0 saturated carbocycles. The lowest BCUT2D eigenvalue weighted by Crippen LogP contribution is -2.33. The summed E-state index contributed by atoms with van der Waals surface area (Å²) in [6.07, 6.45) is 0.900. The molecule has 0 aliphatic carbocycles. The maximum absolute atomic E-state index is 11.5. The van der Waals surface area contributed by atoms with E-state index < -0.39 is 10.0 Å². The zero-order valence-corrected chi connectivity index (χ0v) is 8.97. The zero-order chi connectivity index (χ0) is 10.1. The molecule has 1 fully saturated rings. The summed E-state index contributed by atoms with van der Waals surface area (Å²) >= 11 is 0. The van der Waals surface area contributed by atoms with Crippen molar-refractivity contribution in [2.75, 3.05) is 25.4 Å². The summed E-state index contributed by atoms with van der Waals surface area (Å²) in [5.41, 5.74) is 0.0858. The Morgan fingerprint density at radius 3 is 2.46 bits per heavy atom. The van der Waals surface area contributed by atoms with Crippen LogP contribution >= 0.6 is 0 Å². The lowest BCUT2D eigenvalue weighted by atomic mass is 9.93. The molecule has 0 aromatic heterocycles. The third kappa shape index (κ3) is 2.65. The molecule has 0 atom stereocenters. The maximum atomic E-state index is 11.5. The van der Waals surface area contributed by atoms with Crippen molar-refractivity contribution in [3.8, 4) is 0 Å². The zero-order valence-electron chi connectivity index (χ0n) is 8.15. The Hall–Kier alpha value is -0.130. The molecular formula is C8H17NO3S. The van der Waals surface area contributed by atoms with Crippen molar-refractivity contribution in [2.24, 2.45) is 5.41 Å². The smallest absolute Gasteiger partial charge is 0.216 e. The van der Waals surface area contributed by atoms with Crippen LogP contribution in [0.2, 0.25) is 0 Å². The fraction of sp³-hybridized carbons (Fsp3) is 1.00. The number of aliphatic hydroxyl groups excluding tert-OH is 1. The number of rotatable bonds is 3. The molecule has 13 heavy (non-hydrogen) atoms. The highest BCUT2D eigenvalue weighted by Crippen LogP contribution is 2.30. The summed E-state index contributed by atoms with van der Waals surface area (Å²) in [6.45, 7) is 4.99. The molecule has 0 spiro atoms. The molecule has 1 aliphatic heterocycles. The maximum Gasteiger partial charge on any atom is 0.216 e. The van der Waals surface area contributed by atoms with Crippen LogP contribution in [0.4, 0.5) is 0 Å². The normalized spacial score (nSPS) is 23.6. The SMILES string of the molecule is CC1(C)CCN(S(=O)(=O)CCO)C1. The quantitative estimate of drug-likeness (QED) is 0.711. The summed E-state index contributed by atoms with van der Waals surface area (Å²) in [6, 6.07) is 0. The van der Waals surface area contributed by atoms with Crippen LogP contribution in [-0.4, -0.2) is 43.3 Å². The number of sulfonamides is 1. The summed E-state index contributed by atoms with van der Waals surface area (Å²) in [4.78, 5) is 0. The lowest BCUT2D eigenvalue weighted by Gasteiger charge is -2.19. The summed E-state index contributed by atoms with van der Waals surface area (Å²) < 4.78 is 24.4. The van der Waals surface area contributed by atoms with Crippen LogP contribution in [0, 0.1) is 5.41 Å².